The van der Waals surface area contributed by atoms with Gasteiger partial charge in [0.1, 0.15) is 5.82 Å². The fraction of sp³-hybridized carbons (Fsp3) is 0.562. The van der Waals surface area contributed by atoms with Crippen LogP contribution in [0.4, 0.5) is 0 Å². The maximum Gasteiger partial charge on any atom is 0.217 e. The molecule has 4 rings (SSSR count). The lowest BCUT2D eigenvalue weighted by molar-refractivity contribution is 0.0955. The molecule has 0 amide bonds. The zero-order valence-corrected chi connectivity index (χ0v) is 12.8. The molecule has 21 heavy (non-hydrogen) atoms. The number of rotatable bonds is 3. The molecule has 5 heteroatoms. The molecule has 4 nitrogen and oxygen atoms in total. The molecular formula is C16H18ClN3O. The lowest BCUT2D eigenvalue weighted by Crippen LogP contribution is -2.30. The van der Waals surface area contributed by atoms with Gasteiger partial charge in [-0.15, -0.1) is 5.10 Å². The number of carbonyl (C=O) groups excluding carboxylic acids is 1. The minimum Gasteiger partial charge on any atom is -0.290 e. The van der Waals surface area contributed by atoms with Gasteiger partial charge in [-0.1, -0.05) is 30.7 Å². The molecule has 0 N–H and O–H groups in total. The molecule has 1 aromatic rings. The van der Waals surface area contributed by atoms with E-state index in [0.717, 1.165) is 43.0 Å². The number of Topliss-reactive ketones (excluding diaryl/α,β-unsaturated/α-hetero) is 1. The van der Waals surface area contributed by atoms with Crippen molar-refractivity contribution < 1.29 is 4.79 Å². The van der Waals surface area contributed by atoms with Crippen molar-refractivity contribution in [3.63, 3.8) is 0 Å². The van der Waals surface area contributed by atoms with Crippen molar-refractivity contribution in [2.45, 2.75) is 45.1 Å². The molecule has 110 valence electrons. The van der Waals surface area contributed by atoms with Crippen LogP contribution in [0.15, 0.2) is 23.3 Å². The van der Waals surface area contributed by atoms with Crippen LogP contribution < -0.4 is 0 Å². The quantitative estimate of drug-likeness (QED) is 0.804. The SMILES string of the molecule is CC1([C@@H]2CCc3nc(C(=O)C4CC4)nn32)CC=CC=C1Cl. The molecule has 2 aliphatic carbocycles. The van der Waals surface area contributed by atoms with Gasteiger partial charge in [0.2, 0.25) is 11.6 Å². The van der Waals surface area contributed by atoms with Crippen LogP contribution in [0.1, 0.15) is 55.1 Å². The van der Waals surface area contributed by atoms with Crippen LogP contribution in [0.2, 0.25) is 0 Å². The average Bonchev–Trinajstić information content (AvgIpc) is 3.11. The van der Waals surface area contributed by atoms with E-state index in [9.17, 15) is 4.79 Å². The summed E-state index contributed by atoms with van der Waals surface area (Å²) in [7, 11) is 0. The maximum absolute atomic E-state index is 12.2. The van der Waals surface area contributed by atoms with Crippen LogP contribution in [0.3, 0.4) is 0 Å². The molecule has 0 bridgehead atoms. The molecular weight excluding hydrogens is 286 g/mol. The lowest BCUT2D eigenvalue weighted by atomic mass is 9.76. The number of hydrogen-bond acceptors (Lipinski definition) is 3. The Hall–Kier alpha value is -1.42. The highest BCUT2D eigenvalue weighted by Gasteiger charge is 2.44. The number of fused-ring (bicyclic) bond motifs is 1. The molecule has 1 unspecified atom stereocenters. The van der Waals surface area contributed by atoms with Crippen LogP contribution >= 0.6 is 11.6 Å². The van der Waals surface area contributed by atoms with Crippen LogP contribution in [-0.4, -0.2) is 20.5 Å². The van der Waals surface area contributed by atoms with Crippen molar-refractivity contribution in [3.8, 4) is 0 Å². The first-order valence-electron chi connectivity index (χ1n) is 7.62. The Labute approximate surface area is 128 Å². The van der Waals surface area contributed by atoms with Gasteiger partial charge in [0.25, 0.3) is 0 Å². The number of hydrogen-bond donors (Lipinski definition) is 0. The smallest absolute Gasteiger partial charge is 0.217 e. The highest BCUT2D eigenvalue weighted by Crippen LogP contribution is 2.50. The maximum atomic E-state index is 12.2. The van der Waals surface area contributed by atoms with E-state index < -0.39 is 0 Å². The number of ketones is 1. The van der Waals surface area contributed by atoms with Crippen molar-refractivity contribution in [2.75, 3.05) is 0 Å². The van der Waals surface area contributed by atoms with E-state index in [4.69, 9.17) is 11.6 Å². The number of allylic oxidation sites excluding steroid dienone is 4. The first-order valence-corrected chi connectivity index (χ1v) is 8.00. The summed E-state index contributed by atoms with van der Waals surface area (Å²) in [6, 6.07) is 0.189. The number of carbonyl (C=O) groups is 1. The molecule has 0 aromatic carbocycles. The van der Waals surface area contributed by atoms with E-state index in [1.807, 2.05) is 16.8 Å². The van der Waals surface area contributed by atoms with Gasteiger partial charge in [-0.05, 0) is 31.8 Å². The Morgan fingerprint density at radius 2 is 2.24 bits per heavy atom. The highest BCUT2D eigenvalue weighted by atomic mass is 35.5. The van der Waals surface area contributed by atoms with Crippen LogP contribution in [0.5, 0.6) is 0 Å². The number of halogens is 1. The second kappa shape index (κ2) is 4.54. The van der Waals surface area contributed by atoms with Gasteiger partial charge in [0.05, 0.1) is 6.04 Å². The number of aromatic nitrogens is 3. The summed E-state index contributed by atoms with van der Waals surface area (Å²) in [5, 5.41) is 5.40. The zero-order valence-electron chi connectivity index (χ0n) is 12.1. The molecule has 1 saturated carbocycles. The number of nitrogens with zero attached hydrogens (tertiary/aromatic N) is 3. The van der Waals surface area contributed by atoms with Crippen LogP contribution in [0.25, 0.3) is 0 Å². The van der Waals surface area contributed by atoms with E-state index in [1.165, 1.54) is 0 Å². The predicted octanol–water partition coefficient (Wildman–Crippen LogP) is 3.45. The highest BCUT2D eigenvalue weighted by molar-refractivity contribution is 6.30. The van der Waals surface area contributed by atoms with E-state index in [0.29, 0.717) is 5.82 Å². The monoisotopic (exact) mass is 303 g/mol. The molecule has 0 spiro atoms. The third-order valence-corrected chi connectivity index (χ3v) is 5.57. The van der Waals surface area contributed by atoms with Crippen molar-refractivity contribution in [2.24, 2.45) is 11.3 Å². The molecule has 1 aromatic heterocycles. The third-order valence-electron chi connectivity index (χ3n) is 5.01. The third kappa shape index (κ3) is 2.00. The Balaban J connectivity index is 1.68. The van der Waals surface area contributed by atoms with Gasteiger partial charge < -0.3 is 0 Å². The second-order valence-corrected chi connectivity index (χ2v) is 6.96. The van der Waals surface area contributed by atoms with Gasteiger partial charge >= 0.3 is 0 Å². The van der Waals surface area contributed by atoms with Gasteiger partial charge in [-0.2, -0.15) is 0 Å². The summed E-state index contributed by atoms with van der Waals surface area (Å²) >= 11 is 6.48. The van der Waals surface area contributed by atoms with Crippen LogP contribution in [0, 0.1) is 11.3 Å². The molecule has 0 radical (unpaired) electrons. The predicted molar refractivity (Wildman–Crippen MR) is 80.2 cm³/mol. The van der Waals surface area contributed by atoms with Crippen molar-refractivity contribution >= 4 is 17.4 Å². The standard InChI is InChI=1S/C16H18ClN3O/c1-16(9-3-2-4-11(16)17)12-7-8-13-18-15(19-20(12)13)14(21)10-5-6-10/h2-4,10,12H,5-9H2,1H3/t12-,16?/m0/s1. The minimum atomic E-state index is -0.144. The minimum absolute atomic E-state index is 0.117. The van der Waals surface area contributed by atoms with Gasteiger partial charge in [0.15, 0.2) is 0 Å². The first kappa shape index (κ1) is 13.3. The van der Waals surface area contributed by atoms with Crippen molar-refractivity contribution in [3.05, 3.63) is 34.9 Å². The summed E-state index contributed by atoms with van der Waals surface area (Å²) in [6.07, 6.45) is 10.9. The Morgan fingerprint density at radius 3 is 2.95 bits per heavy atom. The first-order chi connectivity index (χ1) is 10.1. The Kier molecular flexibility index (Phi) is 2.86. The van der Waals surface area contributed by atoms with E-state index in [-0.39, 0.29) is 23.2 Å². The fourth-order valence-electron chi connectivity index (χ4n) is 3.43. The van der Waals surface area contributed by atoms with Crippen molar-refractivity contribution in [1.82, 2.24) is 14.8 Å². The van der Waals surface area contributed by atoms with E-state index in [1.54, 1.807) is 0 Å². The molecule has 3 aliphatic rings. The molecule has 1 aliphatic heterocycles. The fourth-order valence-corrected chi connectivity index (χ4v) is 3.71. The molecule has 2 atom stereocenters. The largest absolute Gasteiger partial charge is 0.290 e. The summed E-state index contributed by atoms with van der Waals surface area (Å²) in [4.78, 5) is 16.6. The summed E-state index contributed by atoms with van der Waals surface area (Å²) in [5.74, 6) is 1.63. The second-order valence-electron chi connectivity index (χ2n) is 6.55. The van der Waals surface area contributed by atoms with Crippen molar-refractivity contribution in [1.29, 1.82) is 0 Å². The Morgan fingerprint density at radius 1 is 1.43 bits per heavy atom. The van der Waals surface area contributed by atoms with Gasteiger partial charge in [-0.3, -0.25) is 4.79 Å². The van der Waals surface area contributed by atoms with Gasteiger partial charge in [-0.25, -0.2) is 9.67 Å². The molecule has 0 saturated heterocycles. The zero-order chi connectivity index (χ0) is 14.6. The average molecular weight is 304 g/mol. The summed E-state index contributed by atoms with van der Waals surface area (Å²) in [5.41, 5.74) is -0.144. The van der Waals surface area contributed by atoms with E-state index >= 15 is 0 Å². The normalized spacial score (nSPS) is 31.1. The lowest BCUT2D eigenvalue weighted by Gasteiger charge is -2.36. The summed E-state index contributed by atoms with van der Waals surface area (Å²) in [6.45, 7) is 2.18. The van der Waals surface area contributed by atoms with E-state index in [2.05, 4.69) is 23.1 Å². The molecule has 2 heterocycles. The van der Waals surface area contributed by atoms with Crippen LogP contribution in [-0.2, 0) is 6.42 Å². The number of aryl methyl sites for hydroxylation is 1. The molecule has 1 fully saturated rings. The Bertz CT molecular complexity index is 671. The summed E-state index contributed by atoms with van der Waals surface area (Å²) < 4.78 is 1.96. The topological polar surface area (TPSA) is 47.8 Å². The van der Waals surface area contributed by atoms with Gasteiger partial charge in [0, 0.05) is 22.8 Å².